The Morgan fingerprint density at radius 2 is 2.00 bits per heavy atom. The van der Waals surface area contributed by atoms with Gasteiger partial charge in [0.2, 0.25) is 0 Å². The molecule has 2 N–H and O–H groups in total. The van der Waals surface area contributed by atoms with Gasteiger partial charge in [0.15, 0.2) is 0 Å². The number of rotatable bonds is 4. The zero-order valence-corrected chi connectivity index (χ0v) is 11.4. The third-order valence-corrected chi connectivity index (χ3v) is 4.35. The van der Waals surface area contributed by atoms with E-state index in [9.17, 15) is 0 Å². The molecular weight excluding hydrogens is 210 g/mol. The summed E-state index contributed by atoms with van der Waals surface area (Å²) in [5, 5.41) is 0. The number of aliphatic imine (C=N–C) groups is 1. The molecule has 0 radical (unpaired) electrons. The van der Waals surface area contributed by atoms with Crippen LogP contribution >= 0.6 is 0 Å². The molecule has 1 aliphatic heterocycles. The predicted octanol–water partition coefficient (Wildman–Crippen LogP) is 2.26. The summed E-state index contributed by atoms with van der Waals surface area (Å²) >= 11 is 0. The van der Waals surface area contributed by atoms with E-state index in [-0.39, 0.29) is 0 Å². The second-order valence-corrected chi connectivity index (χ2v) is 5.99. The largest absolute Gasteiger partial charge is 0.387 e. The van der Waals surface area contributed by atoms with Gasteiger partial charge in [0.05, 0.1) is 5.84 Å². The van der Waals surface area contributed by atoms with E-state index in [2.05, 4.69) is 23.7 Å². The molecule has 0 amide bonds. The topological polar surface area (TPSA) is 41.6 Å². The quantitative estimate of drug-likeness (QED) is 0.602. The van der Waals surface area contributed by atoms with Gasteiger partial charge in [0, 0.05) is 25.0 Å². The summed E-state index contributed by atoms with van der Waals surface area (Å²) in [5.41, 5.74) is 6.09. The van der Waals surface area contributed by atoms with Crippen LogP contribution in [0.1, 0.15) is 46.0 Å². The Labute approximate surface area is 105 Å². The number of amidine groups is 1. The Morgan fingerprint density at radius 1 is 1.29 bits per heavy atom. The Bertz CT molecular complexity index is 267. The number of nitrogens with two attached hydrogens (primary N) is 1. The van der Waals surface area contributed by atoms with Gasteiger partial charge in [-0.3, -0.25) is 4.99 Å². The molecule has 1 saturated heterocycles. The highest BCUT2D eigenvalue weighted by atomic mass is 15.2. The van der Waals surface area contributed by atoms with Crippen molar-refractivity contribution < 1.29 is 0 Å². The fourth-order valence-corrected chi connectivity index (χ4v) is 3.07. The van der Waals surface area contributed by atoms with Crippen LogP contribution in [-0.4, -0.2) is 36.4 Å². The van der Waals surface area contributed by atoms with Gasteiger partial charge in [-0.25, -0.2) is 0 Å². The van der Waals surface area contributed by atoms with Crippen LogP contribution in [0.25, 0.3) is 0 Å². The number of likely N-dealkylation sites (tertiary alicyclic amines) is 1. The molecule has 3 nitrogen and oxygen atoms in total. The molecule has 17 heavy (non-hydrogen) atoms. The molecule has 1 aliphatic carbocycles. The molecule has 0 bridgehead atoms. The highest BCUT2D eigenvalue weighted by Crippen LogP contribution is 2.25. The summed E-state index contributed by atoms with van der Waals surface area (Å²) < 4.78 is 0. The molecule has 1 saturated carbocycles. The number of hydrogen-bond donors (Lipinski definition) is 1. The number of hydrogen-bond acceptors (Lipinski definition) is 2. The lowest BCUT2D eigenvalue weighted by molar-refractivity contribution is 0.266. The Kier molecular flexibility index (Phi) is 4.43. The van der Waals surface area contributed by atoms with E-state index in [1.165, 1.54) is 45.2 Å². The van der Waals surface area contributed by atoms with Gasteiger partial charge in [-0.15, -0.1) is 0 Å². The minimum atomic E-state index is 0.595. The highest BCUT2D eigenvalue weighted by molar-refractivity contribution is 5.83. The van der Waals surface area contributed by atoms with Gasteiger partial charge < -0.3 is 10.6 Å². The Balaban J connectivity index is 1.76. The van der Waals surface area contributed by atoms with Crippen LogP contribution in [0, 0.1) is 11.8 Å². The second kappa shape index (κ2) is 5.85. The molecule has 3 heteroatoms. The average molecular weight is 237 g/mol. The van der Waals surface area contributed by atoms with Crippen molar-refractivity contribution in [2.24, 2.45) is 22.6 Å². The molecule has 2 fully saturated rings. The van der Waals surface area contributed by atoms with Crippen LogP contribution in [-0.2, 0) is 0 Å². The maximum atomic E-state index is 6.09. The van der Waals surface area contributed by atoms with E-state index in [1.54, 1.807) is 0 Å². The minimum absolute atomic E-state index is 0.595. The highest BCUT2D eigenvalue weighted by Gasteiger charge is 2.24. The maximum absolute atomic E-state index is 6.09. The zero-order chi connectivity index (χ0) is 12.3. The number of nitrogens with zero attached hydrogens (tertiary/aromatic N) is 2. The van der Waals surface area contributed by atoms with Crippen molar-refractivity contribution in [3.05, 3.63) is 0 Å². The fraction of sp³-hybridized carbons (Fsp3) is 0.929. The first kappa shape index (κ1) is 12.9. The molecule has 1 atom stereocenters. The normalized spacial score (nSPS) is 28.4. The summed E-state index contributed by atoms with van der Waals surface area (Å²) in [5.74, 6) is 2.26. The summed E-state index contributed by atoms with van der Waals surface area (Å²) in [6.07, 6.45) is 6.49. The van der Waals surface area contributed by atoms with E-state index < -0.39 is 0 Å². The minimum Gasteiger partial charge on any atom is -0.387 e. The first-order chi connectivity index (χ1) is 8.16. The van der Waals surface area contributed by atoms with Crippen molar-refractivity contribution in [1.29, 1.82) is 0 Å². The molecular formula is C14H27N3. The summed E-state index contributed by atoms with van der Waals surface area (Å²) in [6, 6.07) is 0.677. The summed E-state index contributed by atoms with van der Waals surface area (Å²) in [4.78, 5) is 7.20. The maximum Gasteiger partial charge on any atom is 0.0968 e. The average Bonchev–Trinajstić information content (AvgIpc) is 2.97. The third kappa shape index (κ3) is 3.44. The van der Waals surface area contributed by atoms with Crippen molar-refractivity contribution in [2.45, 2.75) is 52.0 Å². The Morgan fingerprint density at radius 3 is 2.59 bits per heavy atom. The van der Waals surface area contributed by atoms with Crippen molar-refractivity contribution in [2.75, 3.05) is 19.6 Å². The first-order valence-electron chi connectivity index (χ1n) is 7.20. The van der Waals surface area contributed by atoms with Gasteiger partial charge in [-0.05, 0) is 45.6 Å². The molecule has 0 spiro atoms. The van der Waals surface area contributed by atoms with Gasteiger partial charge in [-0.1, -0.05) is 12.8 Å². The van der Waals surface area contributed by atoms with Gasteiger partial charge in [0.25, 0.3) is 0 Å². The monoisotopic (exact) mass is 237 g/mol. The van der Waals surface area contributed by atoms with E-state index in [0.717, 1.165) is 18.3 Å². The lowest BCUT2D eigenvalue weighted by atomic mass is 10.1. The molecule has 0 aromatic carbocycles. The van der Waals surface area contributed by atoms with E-state index in [0.29, 0.717) is 12.0 Å². The van der Waals surface area contributed by atoms with Crippen molar-refractivity contribution in [3.8, 4) is 0 Å². The third-order valence-electron chi connectivity index (χ3n) is 4.35. The van der Waals surface area contributed by atoms with Crippen LogP contribution in [0.4, 0.5) is 0 Å². The van der Waals surface area contributed by atoms with Crippen molar-refractivity contribution >= 4 is 5.84 Å². The second-order valence-electron chi connectivity index (χ2n) is 5.99. The SMILES string of the molecule is CC(C)N1CCC(CN=C(N)C2CCCC2)C1. The van der Waals surface area contributed by atoms with Gasteiger partial charge in [0.1, 0.15) is 0 Å². The predicted molar refractivity (Wildman–Crippen MR) is 73.3 cm³/mol. The lowest BCUT2D eigenvalue weighted by Crippen LogP contribution is -2.29. The summed E-state index contributed by atoms with van der Waals surface area (Å²) in [7, 11) is 0. The van der Waals surface area contributed by atoms with Gasteiger partial charge in [-0.2, -0.15) is 0 Å². The van der Waals surface area contributed by atoms with Crippen LogP contribution in [0.5, 0.6) is 0 Å². The molecule has 1 heterocycles. The van der Waals surface area contributed by atoms with Crippen LogP contribution in [0.2, 0.25) is 0 Å². The Hall–Kier alpha value is -0.570. The van der Waals surface area contributed by atoms with E-state index >= 15 is 0 Å². The molecule has 98 valence electrons. The zero-order valence-electron chi connectivity index (χ0n) is 11.4. The first-order valence-corrected chi connectivity index (χ1v) is 7.20. The molecule has 0 aromatic rings. The molecule has 2 rings (SSSR count). The molecule has 1 unspecified atom stereocenters. The van der Waals surface area contributed by atoms with Crippen LogP contribution in [0.3, 0.4) is 0 Å². The fourth-order valence-electron chi connectivity index (χ4n) is 3.07. The molecule has 0 aromatic heterocycles. The van der Waals surface area contributed by atoms with Crippen LogP contribution < -0.4 is 5.73 Å². The molecule has 2 aliphatic rings. The summed E-state index contributed by atoms with van der Waals surface area (Å²) in [6.45, 7) is 7.95. The van der Waals surface area contributed by atoms with E-state index in [4.69, 9.17) is 5.73 Å². The van der Waals surface area contributed by atoms with Crippen molar-refractivity contribution in [3.63, 3.8) is 0 Å². The smallest absolute Gasteiger partial charge is 0.0968 e. The van der Waals surface area contributed by atoms with Crippen molar-refractivity contribution in [1.82, 2.24) is 4.90 Å². The lowest BCUT2D eigenvalue weighted by Gasteiger charge is -2.19. The van der Waals surface area contributed by atoms with E-state index in [1.807, 2.05) is 0 Å². The standard InChI is InChI=1S/C14H27N3/c1-11(2)17-8-7-12(10-17)9-16-14(15)13-5-3-4-6-13/h11-13H,3-10H2,1-2H3,(H2,15,16). The van der Waals surface area contributed by atoms with Gasteiger partial charge >= 0.3 is 0 Å². The van der Waals surface area contributed by atoms with Crippen LogP contribution in [0.15, 0.2) is 4.99 Å².